The summed E-state index contributed by atoms with van der Waals surface area (Å²) in [6.45, 7) is 3.33. The maximum atomic E-state index is 12.8. The SMILES string of the molecule is Cc1nc(COc2cccc(C(=O)N(C3CC3)C(C)C(=O)O)c2)no1. The van der Waals surface area contributed by atoms with Crippen LogP contribution in [0.5, 0.6) is 5.75 Å². The lowest BCUT2D eigenvalue weighted by Gasteiger charge is -2.26. The van der Waals surface area contributed by atoms with Crippen LogP contribution in [0, 0.1) is 6.92 Å². The zero-order valence-corrected chi connectivity index (χ0v) is 14.0. The number of aromatic nitrogens is 2. The molecule has 0 bridgehead atoms. The largest absolute Gasteiger partial charge is 0.485 e. The quantitative estimate of drug-likeness (QED) is 0.818. The summed E-state index contributed by atoms with van der Waals surface area (Å²) < 4.78 is 10.5. The molecule has 0 spiro atoms. The molecule has 1 amide bonds. The second-order valence-corrected chi connectivity index (χ2v) is 6.00. The molecule has 1 fully saturated rings. The highest BCUT2D eigenvalue weighted by Gasteiger charge is 2.38. The number of amides is 1. The molecule has 2 aromatic rings. The molecule has 8 heteroatoms. The first kappa shape index (κ1) is 16.9. The molecular formula is C17H19N3O5. The van der Waals surface area contributed by atoms with Crippen molar-refractivity contribution in [2.45, 2.75) is 45.4 Å². The molecule has 132 valence electrons. The van der Waals surface area contributed by atoms with E-state index in [9.17, 15) is 14.7 Å². The summed E-state index contributed by atoms with van der Waals surface area (Å²) in [5.74, 6) is 0.0176. The Morgan fingerprint density at radius 3 is 2.80 bits per heavy atom. The summed E-state index contributed by atoms with van der Waals surface area (Å²) >= 11 is 0. The fourth-order valence-corrected chi connectivity index (χ4v) is 2.55. The molecular weight excluding hydrogens is 326 g/mol. The lowest BCUT2D eigenvalue weighted by atomic mass is 10.1. The van der Waals surface area contributed by atoms with E-state index in [1.165, 1.54) is 11.8 Å². The first-order valence-corrected chi connectivity index (χ1v) is 8.03. The van der Waals surface area contributed by atoms with Gasteiger partial charge in [0.15, 0.2) is 6.61 Å². The van der Waals surface area contributed by atoms with E-state index in [4.69, 9.17) is 9.26 Å². The Kier molecular flexibility index (Phi) is 4.69. The van der Waals surface area contributed by atoms with Crippen LogP contribution in [0.2, 0.25) is 0 Å². The molecule has 1 N–H and O–H groups in total. The van der Waals surface area contributed by atoms with Gasteiger partial charge in [0.2, 0.25) is 11.7 Å². The number of aliphatic carboxylic acids is 1. The van der Waals surface area contributed by atoms with Crippen molar-refractivity contribution in [3.8, 4) is 5.75 Å². The minimum absolute atomic E-state index is 0.00881. The lowest BCUT2D eigenvalue weighted by molar-refractivity contribution is -0.141. The Bertz CT molecular complexity index is 784. The summed E-state index contributed by atoms with van der Waals surface area (Å²) in [4.78, 5) is 29.5. The highest BCUT2D eigenvalue weighted by atomic mass is 16.5. The first-order valence-electron chi connectivity index (χ1n) is 8.03. The summed E-state index contributed by atoms with van der Waals surface area (Å²) in [5.41, 5.74) is 0.391. The number of hydrogen-bond acceptors (Lipinski definition) is 6. The monoisotopic (exact) mass is 345 g/mol. The van der Waals surface area contributed by atoms with Gasteiger partial charge < -0.3 is 19.3 Å². The summed E-state index contributed by atoms with van der Waals surface area (Å²) in [6.07, 6.45) is 1.66. The third-order valence-electron chi connectivity index (χ3n) is 3.97. The topological polar surface area (TPSA) is 106 Å². The molecule has 1 unspecified atom stereocenters. The third kappa shape index (κ3) is 3.96. The van der Waals surface area contributed by atoms with Crippen LogP contribution in [-0.4, -0.2) is 44.1 Å². The van der Waals surface area contributed by atoms with Gasteiger partial charge in [0.25, 0.3) is 5.91 Å². The van der Waals surface area contributed by atoms with E-state index in [-0.39, 0.29) is 18.6 Å². The van der Waals surface area contributed by atoms with Crippen molar-refractivity contribution in [3.05, 3.63) is 41.5 Å². The molecule has 0 saturated heterocycles. The van der Waals surface area contributed by atoms with Gasteiger partial charge in [-0.15, -0.1) is 0 Å². The van der Waals surface area contributed by atoms with Crippen molar-refractivity contribution >= 4 is 11.9 Å². The number of carboxylic acid groups (broad SMARTS) is 1. The predicted molar refractivity (Wildman–Crippen MR) is 86.1 cm³/mol. The minimum atomic E-state index is -1.01. The highest BCUT2D eigenvalue weighted by molar-refractivity contribution is 5.97. The molecule has 1 heterocycles. The Morgan fingerprint density at radius 1 is 1.44 bits per heavy atom. The van der Waals surface area contributed by atoms with Crippen molar-refractivity contribution in [1.82, 2.24) is 15.0 Å². The van der Waals surface area contributed by atoms with Crippen molar-refractivity contribution < 1.29 is 24.0 Å². The number of rotatable bonds is 7. The highest BCUT2D eigenvalue weighted by Crippen LogP contribution is 2.30. The fourth-order valence-electron chi connectivity index (χ4n) is 2.55. The maximum Gasteiger partial charge on any atom is 0.326 e. The number of carbonyl (C=O) groups is 2. The molecule has 0 radical (unpaired) electrons. The van der Waals surface area contributed by atoms with Gasteiger partial charge in [-0.25, -0.2) is 4.79 Å². The molecule has 8 nitrogen and oxygen atoms in total. The average molecular weight is 345 g/mol. The van der Waals surface area contributed by atoms with Gasteiger partial charge in [-0.3, -0.25) is 4.79 Å². The number of carboxylic acids is 1. The maximum absolute atomic E-state index is 12.8. The second kappa shape index (κ2) is 6.92. The predicted octanol–water partition coefficient (Wildman–Crippen LogP) is 2.03. The van der Waals surface area contributed by atoms with E-state index in [1.807, 2.05) is 0 Å². The fraction of sp³-hybridized carbons (Fsp3) is 0.412. The zero-order chi connectivity index (χ0) is 18.0. The van der Waals surface area contributed by atoms with E-state index >= 15 is 0 Å². The van der Waals surface area contributed by atoms with Crippen LogP contribution < -0.4 is 4.74 Å². The van der Waals surface area contributed by atoms with E-state index in [2.05, 4.69) is 10.1 Å². The van der Waals surface area contributed by atoms with Gasteiger partial charge in [0.1, 0.15) is 11.8 Å². The summed E-state index contributed by atoms with van der Waals surface area (Å²) in [5, 5.41) is 13.0. The number of carbonyl (C=O) groups excluding carboxylic acids is 1. The Hall–Kier alpha value is -2.90. The second-order valence-electron chi connectivity index (χ2n) is 6.00. The van der Waals surface area contributed by atoms with Gasteiger partial charge in [0.05, 0.1) is 0 Å². The number of hydrogen-bond donors (Lipinski definition) is 1. The summed E-state index contributed by atoms with van der Waals surface area (Å²) in [6, 6.07) is 5.78. The van der Waals surface area contributed by atoms with Crippen LogP contribution in [0.3, 0.4) is 0 Å². The van der Waals surface area contributed by atoms with Gasteiger partial charge in [-0.05, 0) is 38.0 Å². The molecule has 1 saturated carbocycles. The smallest absolute Gasteiger partial charge is 0.326 e. The number of aryl methyl sites for hydroxylation is 1. The molecule has 1 aromatic heterocycles. The molecule has 1 aliphatic rings. The Labute approximate surface area is 144 Å². The van der Waals surface area contributed by atoms with Crippen molar-refractivity contribution in [2.75, 3.05) is 0 Å². The molecule has 25 heavy (non-hydrogen) atoms. The van der Waals surface area contributed by atoms with E-state index < -0.39 is 12.0 Å². The van der Waals surface area contributed by atoms with Gasteiger partial charge in [-0.2, -0.15) is 4.98 Å². The van der Waals surface area contributed by atoms with Crippen LogP contribution in [0.25, 0.3) is 0 Å². The minimum Gasteiger partial charge on any atom is -0.485 e. The van der Waals surface area contributed by atoms with Gasteiger partial charge in [-0.1, -0.05) is 11.2 Å². The molecule has 0 aliphatic heterocycles. The van der Waals surface area contributed by atoms with Gasteiger partial charge >= 0.3 is 5.97 Å². The van der Waals surface area contributed by atoms with Crippen LogP contribution in [0.15, 0.2) is 28.8 Å². The van der Waals surface area contributed by atoms with Gasteiger partial charge in [0, 0.05) is 18.5 Å². The average Bonchev–Trinajstić information content (AvgIpc) is 3.34. The van der Waals surface area contributed by atoms with Crippen LogP contribution in [-0.2, 0) is 11.4 Å². The van der Waals surface area contributed by atoms with Crippen molar-refractivity contribution in [3.63, 3.8) is 0 Å². The number of benzene rings is 1. The molecule has 1 aromatic carbocycles. The van der Waals surface area contributed by atoms with Crippen LogP contribution in [0.1, 0.15) is 41.8 Å². The third-order valence-corrected chi connectivity index (χ3v) is 3.97. The standard InChI is InChI=1S/C17H19N3O5/c1-10(17(22)23)20(13-6-7-13)16(21)12-4-3-5-14(8-12)24-9-15-18-11(2)25-19-15/h3-5,8,10,13H,6-7,9H2,1-2H3,(H,22,23). The van der Waals surface area contributed by atoms with Crippen LogP contribution >= 0.6 is 0 Å². The van der Waals surface area contributed by atoms with Crippen LogP contribution in [0.4, 0.5) is 0 Å². The van der Waals surface area contributed by atoms with E-state index in [1.54, 1.807) is 31.2 Å². The Balaban J connectivity index is 1.73. The van der Waals surface area contributed by atoms with E-state index in [0.717, 1.165) is 12.8 Å². The molecule has 1 aliphatic carbocycles. The first-order chi connectivity index (χ1) is 12.0. The zero-order valence-electron chi connectivity index (χ0n) is 14.0. The van der Waals surface area contributed by atoms with Crippen molar-refractivity contribution in [1.29, 1.82) is 0 Å². The van der Waals surface area contributed by atoms with E-state index in [0.29, 0.717) is 23.0 Å². The molecule has 1 atom stereocenters. The molecule has 3 rings (SSSR count). The normalized spacial score (nSPS) is 14.8. The lowest BCUT2D eigenvalue weighted by Crippen LogP contribution is -2.44. The summed E-state index contributed by atoms with van der Waals surface area (Å²) in [7, 11) is 0. The number of ether oxygens (including phenoxy) is 1. The number of nitrogens with zero attached hydrogens (tertiary/aromatic N) is 3. The van der Waals surface area contributed by atoms with Crippen molar-refractivity contribution in [2.24, 2.45) is 0 Å². The Morgan fingerprint density at radius 2 is 2.20 bits per heavy atom.